The topological polar surface area (TPSA) is 137 Å². The van der Waals surface area contributed by atoms with Gasteiger partial charge in [-0.15, -0.1) is 0 Å². The van der Waals surface area contributed by atoms with Gasteiger partial charge in [-0.1, -0.05) is 27.0 Å². The summed E-state index contributed by atoms with van der Waals surface area (Å²) in [5.74, 6) is -0.222. The average Bonchev–Trinajstić information content (AvgIpc) is 3.77. The molecule has 10 rings (SSSR count). The number of hydrogen-bond donors (Lipinski definition) is 2. The van der Waals surface area contributed by atoms with Crippen LogP contribution in [-0.4, -0.2) is 115 Å². The van der Waals surface area contributed by atoms with E-state index in [9.17, 15) is 9.90 Å². The largest absolute Gasteiger partial charge is 0.392 e. The van der Waals surface area contributed by atoms with Crippen LogP contribution in [0.3, 0.4) is 0 Å². The molecule has 0 saturated carbocycles. The van der Waals surface area contributed by atoms with Crippen molar-refractivity contribution in [1.29, 1.82) is 0 Å². The summed E-state index contributed by atoms with van der Waals surface area (Å²) >= 11 is 0. The van der Waals surface area contributed by atoms with Gasteiger partial charge in [0, 0.05) is 45.1 Å². The molecule has 10 heterocycles. The molecule has 4 unspecified atom stereocenters. The van der Waals surface area contributed by atoms with Gasteiger partial charge >= 0.3 is 0 Å². The van der Waals surface area contributed by atoms with E-state index in [-0.39, 0.29) is 110 Å². The number of carbonyl (C=O) groups excluding carboxylic acids is 1. The maximum Gasteiger partial charge on any atom is 0.172 e. The fraction of sp³-hybridized carbons (Fsp3) is 0.875. The van der Waals surface area contributed by atoms with Crippen molar-refractivity contribution in [2.24, 2.45) is 23.5 Å². The van der Waals surface area contributed by atoms with Crippen molar-refractivity contribution in [3.8, 4) is 0 Å². The van der Waals surface area contributed by atoms with Gasteiger partial charge in [0.05, 0.1) is 61.0 Å². The third-order valence-electron chi connectivity index (χ3n) is 14.2. The minimum atomic E-state index is -0.765. The SMILES string of the molecule is C=C1C[C@@H]2CC[C@@]34CC5O[C@H]6[C@@H](O3)[C@H]3O[C@H](CC[C@@H]3O[C@H]6[C@H]5O4)CC(=O)C[C@H]3[C@H](CC4O[C@@H](CCC1O2)C[C@@H](C)C4=C)OC(C[C@H](O)CN)[C@@H]3C. The molecule has 10 aliphatic rings. The van der Waals surface area contributed by atoms with Crippen LogP contribution in [0.25, 0.3) is 0 Å². The van der Waals surface area contributed by atoms with Crippen molar-refractivity contribution < 1.29 is 47.8 Å². The van der Waals surface area contributed by atoms with E-state index in [4.69, 9.17) is 43.6 Å². The van der Waals surface area contributed by atoms with Gasteiger partial charge in [-0.3, -0.25) is 4.79 Å². The van der Waals surface area contributed by atoms with Crippen molar-refractivity contribution in [2.75, 3.05) is 6.54 Å². The zero-order valence-corrected chi connectivity index (χ0v) is 30.4. The monoisotopic (exact) mass is 713 g/mol. The predicted octanol–water partition coefficient (Wildman–Crippen LogP) is 4.06. The Kier molecular flexibility index (Phi) is 9.59. The molecule has 1 spiro atoms. The highest BCUT2D eigenvalue weighted by Gasteiger charge is 2.68. The minimum absolute atomic E-state index is 0.00127. The second kappa shape index (κ2) is 13.8. The number of carbonyl (C=O) groups is 1. The van der Waals surface area contributed by atoms with E-state index in [1.807, 2.05) is 0 Å². The molecule has 12 bridgehead atoms. The molecule has 0 amide bonds. The number of hydrogen-bond acceptors (Lipinski definition) is 11. The van der Waals surface area contributed by atoms with Crippen LogP contribution in [0.5, 0.6) is 0 Å². The normalized spacial score (nSPS) is 53.2. The standard InChI is InChI=1S/C40H59NO10/c1-19-11-25-5-7-29-20(2)12-27(44-29)9-10-40-17-34-36(50-40)37-38(49-34)39(51-40)35-30(48-37)8-6-26(46-35)13-23(42)14-28-22(4)31(15-24(43)18-41)47-33(28)16-32(45-25)21(19)3/h19,22,24-39,43H,2-3,5-18,41H2,1,4H3/t19-,22-,24+,25+,26-,27+,28-,29?,30+,31?,32?,33+,34?,35+,36+,37+,38-,39+,40+/m1/s1. The first kappa shape index (κ1) is 35.5. The van der Waals surface area contributed by atoms with Crippen LogP contribution in [0.4, 0.5) is 0 Å². The lowest BCUT2D eigenvalue weighted by Gasteiger charge is -2.47. The van der Waals surface area contributed by atoms with Gasteiger partial charge < -0.3 is 48.7 Å². The fourth-order valence-corrected chi connectivity index (χ4v) is 11.3. The summed E-state index contributed by atoms with van der Waals surface area (Å²) in [7, 11) is 0. The van der Waals surface area contributed by atoms with Crippen molar-refractivity contribution >= 4 is 5.78 Å². The summed E-state index contributed by atoms with van der Waals surface area (Å²) in [5.41, 5.74) is 8.06. The second-order valence-electron chi connectivity index (χ2n) is 17.6. The highest BCUT2D eigenvalue weighted by molar-refractivity contribution is 5.79. The Morgan fingerprint density at radius 3 is 2.35 bits per heavy atom. The summed E-state index contributed by atoms with van der Waals surface area (Å²) in [6.45, 7) is 13.5. The Balaban J connectivity index is 0.986. The lowest BCUT2D eigenvalue weighted by molar-refractivity contribution is -0.292. The van der Waals surface area contributed by atoms with Gasteiger partial charge in [0.25, 0.3) is 0 Å². The highest BCUT2D eigenvalue weighted by Crippen LogP contribution is 2.54. The van der Waals surface area contributed by atoms with E-state index in [0.29, 0.717) is 44.4 Å². The summed E-state index contributed by atoms with van der Waals surface area (Å²) in [6.07, 6.45) is 6.43. The quantitative estimate of drug-likeness (QED) is 0.410. The number of ether oxygens (including phenoxy) is 8. The zero-order valence-electron chi connectivity index (χ0n) is 30.4. The number of fused-ring (bicyclic) bond motifs is 6. The Labute approximate surface area is 302 Å². The smallest absolute Gasteiger partial charge is 0.172 e. The summed E-state index contributed by atoms with van der Waals surface area (Å²) < 4.78 is 54.0. The molecule has 0 aromatic carbocycles. The molecule has 0 aliphatic carbocycles. The molecule has 11 heteroatoms. The Hall–Kier alpha value is -1.25. The van der Waals surface area contributed by atoms with Gasteiger partial charge in [0.1, 0.15) is 36.3 Å². The molecular formula is C40H59NO10. The number of Topliss-reactive ketones (excluding diaryl/α,β-unsaturated/α-hetero) is 1. The number of ketones is 1. The molecule has 10 saturated heterocycles. The predicted molar refractivity (Wildman–Crippen MR) is 185 cm³/mol. The molecule has 10 aliphatic heterocycles. The summed E-state index contributed by atoms with van der Waals surface area (Å²) in [5, 5.41) is 10.5. The van der Waals surface area contributed by atoms with Crippen molar-refractivity contribution in [1.82, 2.24) is 0 Å². The molecule has 0 radical (unpaired) electrons. The molecule has 10 fully saturated rings. The van der Waals surface area contributed by atoms with Gasteiger partial charge in [-0.2, -0.15) is 0 Å². The van der Waals surface area contributed by atoms with Gasteiger partial charge in [0.2, 0.25) is 0 Å². The Morgan fingerprint density at radius 1 is 0.765 bits per heavy atom. The zero-order chi connectivity index (χ0) is 35.2. The lowest BCUT2D eigenvalue weighted by Crippen LogP contribution is -2.61. The van der Waals surface area contributed by atoms with Gasteiger partial charge in [-0.25, -0.2) is 0 Å². The van der Waals surface area contributed by atoms with E-state index in [1.54, 1.807) is 0 Å². The first-order chi connectivity index (χ1) is 24.6. The Bertz CT molecular complexity index is 1360. The molecule has 19 atom stereocenters. The third kappa shape index (κ3) is 6.53. The number of aliphatic hydroxyl groups excluding tert-OH is 1. The van der Waals surface area contributed by atoms with Crippen LogP contribution < -0.4 is 5.73 Å². The van der Waals surface area contributed by atoms with Crippen LogP contribution in [-0.2, 0) is 42.7 Å². The lowest BCUT2D eigenvalue weighted by atomic mass is 9.78. The van der Waals surface area contributed by atoms with E-state index in [1.165, 1.54) is 0 Å². The summed E-state index contributed by atoms with van der Waals surface area (Å²) in [4.78, 5) is 14.0. The average molecular weight is 714 g/mol. The molecular weight excluding hydrogens is 654 g/mol. The van der Waals surface area contributed by atoms with Crippen LogP contribution in [0.2, 0.25) is 0 Å². The maximum atomic E-state index is 14.0. The molecule has 0 aromatic heterocycles. The van der Waals surface area contributed by atoms with Gasteiger partial charge in [-0.05, 0) is 73.8 Å². The first-order valence-electron chi connectivity index (χ1n) is 20.1. The van der Waals surface area contributed by atoms with E-state index in [0.717, 1.165) is 56.1 Å². The number of rotatable bonds is 3. The van der Waals surface area contributed by atoms with Crippen LogP contribution >= 0.6 is 0 Å². The van der Waals surface area contributed by atoms with E-state index >= 15 is 0 Å². The molecule has 11 nitrogen and oxygen atoms in total. The number of aliphatic hydroxyl groups is 1. The van der Waals surface area contributed by atoms with Crippen molar-refractivity contribution in [2.45, 2.75) is 195 Å². The highest BCUT2D eigenvalue weighted by atomic mass is 16.8. The summed E-state index contributed by atoms with van der Waals surface area (Å²) in [6, 6.07) is 0. The van der Waals surface area contributed by atoms with Crippen LogP contribution in [0.1, 0.15) is 97.3 Å². The minimum Gasteiger partial charge on any atom is -0.392 e. The molecule has 0 aromatic rings. The molecule has 284 valence electrons. The second-order valence-corrected chi connectivity index (χ2v) is 17.6. The van der Waals surface area contributed by atoms with Crippen LogP contribution in [0.15, 0.2) is 24.3 Å². The molecule has 3 N–H and O–H groups in total. The third-order valence-corrected chi connectivity index (χ3v) is 14.2. The first-order valence-corrected chi connectivity index (χ1v) is 20.1. The van der Waals surface area contributed by atoms with Crippen molar-refractivity contribution in [3.63, 3.8) is 0 Å². The Morgan fingerprint density at radius 2 is 1.51 bits per heavy atom. The fourth-order valence-electron chi connectivity index (χ4n) is 11.3. The van der Waals surface area contributed by atoms with Gasteiger partial charge in [0.15, 0.2) is 5.79 Å². The number of nitrogens with two attached hydrogens (primary N) is 1. The van der Waals surface area contributed by atoms with Crippen molar-refractivity contribution in [3.05, 3.63) is 24.3 Å². The van der Waals surface area contributed by atoms with E-state index < -0.39 is 11.9 Å². The maximum absolute atomic E-state index is 14.0. The van der Waals surface area contributed by atoms with E-state index in [2.05, 4.69) is 27.0 Å². The molecule has 51 heavy (non-hydrogen) atoms. The van der Waals surface area contributed by atoms with Crippen LogP contribution in [0, 0.1) is 17.8 Å².